The van der Waals surface area contributed by atoms with Gasteiger partial charge in [0.15, 0.2) is 0 Å². The number of hydrogen-bond acceptors (Lipinski definition) is 4. The van der Waals surface area contributed by atoms with Gasteiger partial charge in [0.2, 0.25) is 0 Å². The molecule has 6 heteroatoms. The van der Waals surface area contributed by atoms with E-state index in [1.54, 1.807) is 20.2 Å². The molecule has 1 aromatic heterocycles. The molecule has 0 aliphatic heterocycles. The third kappa shape index (κ3) is 2.72. The minimum atomic E-state index is -0.394. The first-order chi connectivity index (χ1) is 10.4. The van der Waals surface area contributed by atoms with E-state index in [2.05, 4.69) is 9.97 Å². The molecule has 6 nitrogen and oxygen atoms in total. The van der Waals surface area contributed by atoms with Crippen LogP contribution in [0.25, 0.3) is 11.4 Å². The number of aromatic amines is 1. The fourth-order valence-corrected chi connectivity index (χ4v) is 2.34. The van der Waals surface area contributed by atoms with E-state index in [0.29, 0.717) is 17.1 Å². The molecular weight excluding hydrogens is 282 g/mol. The number of carbonyl (C=O) groups excluding carboxylic acids is 2. The molecule has 22 heavy (non-hydrogen) atoms. The first-order valence-corrected chi connectivity index (χ1v) is 6.82. The zero-order chi connectivity index (χ0) is 16.4. The highest BCUT2D eigenvalue weighted by Crippen LogP contribution is 2.28. The molecule has 0 aliphatic rings. The van der Waals surface area contributed by atoms with Crippen molar-refractivity contribution in [3.05, 3.63) is 40.7 Å². The molecule has 2 aromatic rings. The maximum atomic E-state index is 12.0. The van der Waals surface area contributed by atoms with Crippen LogP contribution in [0.15, 0.2) is 18.3 Å². The SMILES string of the molecule is COC(=O)c1ccc(C)c(-c2ncc(C(=O)N(C)C)[nH]2)c1C. The second kappa shape index (κ2) is 6.01. The fourth-order valence-electron chi connectivity index (χ4n) is 2.34. The van der Waals surface area contributed by atoms with Gasteiger partial charge in [-0.3, -0.25) is 4.79 Å². The molecule has 0 atom stereocenters. The van der Waals surface area contributed by atoms with E-state index in [9.17, 15) is 9.59 Å². The van der Waals surface area contributed by atoms with Gasteiger partial charge in [0, 0.05) is 19.7 Å². The van der Waals surface area contributed by atoms with Crippen LogP contribution in [-0.2, 0) is 4.74 Å². The largest absolute Gasteiger partial charge is 0.465 e. The molecular formula is C16H19N3O3. The first kappa shape index (κ1) is 15.8. The van der Waals surface area contributed by atoms with Crippen LogP contribution in [0.5, 0.6) is 0 Å². The summed E-state index contributed by atoms with van der Waals surface area (Å²) in [5.41, 5.74) is 3.43. The highest BCUT2D eigenvalue weighted by molar-refractivity contribution is 5.94. The summed E-state index contributed by atoms with van der Waals surface area (Å²) in [7, 11) is 4.70. The van der Waals surface area contributed by atoms with Gasteiger partial charge < -0.3 is 14.6 Å². The normalized spacial score (nSPS) is 10.4. The Morgan fingerprint density at radius 3 is 2.50 bits per heavy atom. The highest BCUT2D eigenvalue weighted by Gasteiger charge is 2.19. The molecule has 1 aromatic carbocycles. The summed E-state index contributed by atoms with van der Waals surface area (Å²) in [5, 5.41) is 0. The molecule has 0 bridgehead atoms. The Labute approximate surface area is 129 Å². The quantitative estimate of drug-likeness (QED) is 0.882. The van der Waals surface area contributed by atoms with E-state index in [1.807, 2.05) is 19.9 Å². The monoisotopic (exact) mass is 301 g/mol. The Bertz CT molecular complexity index is 732. The summed E-state index contributed by atoms with van der Waals surface area (Å²) < 4.78 is 4.79. The summed E-state index contributed by atoms with van der Waals surface area (Å²) in [6.07, 6.45) is 1.50. The van der Waals surface area contributed by atoms with E-state index in [1.165, 1.54) is 18.2 Å². The lowest BCUT2D eigenvalue weighted by Gasteiger charge is -2.11. The summed E-state index contributed by atoms with van der Waals surface area (Å²) in [5.74, 6) is 0.0130. The van der Waals surface area contributed by atoms with E-state index < -0.39 is 5.97 Å². The van der Waals surface area contributed by atoms with Crippen LogP contribution in [-0.4, -0.2) is 47.9 Å². The Balaban J connectivity index is 2.53. The second-order valence-corrected chi connectivity index (χ2v) is 5.27. The predicted octanol–water partition coefficient (Wildman–Crippen LogP) is 2.18. The number of ether oxygens (including phenoxy) is 1. The smallest absolute Gasteiger partial charge is 0.338 e. The number of nitrogens with zero attached hydrogens (tertiary/aromatic N) is 2. The van der Waals surface area contributed by atoms with Gasteiger partial charge in [0.25, 0.3) is 5.91 Å². The average molecular weight is 301 g/mol. The van der Waals surface area contributed by atoms with Crippen molar-refractivity contribution in [2.45, 2.75) is 13.8 Å². The number of H-pyrrole nitrogens is 1. The number of carbonyl (C=O) groups is 2. The predicted molar refractivity (Wildman–Crippen MR) is 82.9 cm³/mol. The van der Waals surface area contributed by atoms with E-state index in [4.69, 9.17) is 4.74 Å². The van der Waals surface area contributed by atoms with Crippen LogP contribution in [0.3, 0.4) is 0 Å². The van der Waals surface area contributed by atoms with Crippen molar-refractivity contribution in [1.82, 2.24) is 14.9 Å². The summed E-state index contributed by atoms with van der Waals surface area (Å²) in [6, 6.07) is 3.57. The molecule has 2 rings (SSSR count). The molecule has 0 fully saturated rings. The van der Waals surface area contributed by atoms with Crippen molar-refractivity contribution in [2.75, 3.05) is 21.2 Å². The summed E-state index contributed by atoms with van der Waals surface area (Å²) in [6.45, 7) is 3.77. The third-order valence-corrected chi connectivity index (χ3v) is 3.53. The van der Waals surface area contributed by atoms with Crippen LogP contribution in [0.2, 0.25) is 0 Å². The fraction of sp³-hybridized carbons (Fsp3) is 0.312. The zero-order valence-corrected chi connectivity index (χ0v) is 13.4. The lowest BCUT2D eigenvalue weighted by molar-refractivity contribution is 0.0599. The van der Waals surface area contributed by atoms with Gasteiger partial charge >= 0.3 is 5.97 Å². The van der Waals surface area contributed by atoms with E-state index in [0.717, 1.165) is 16.7 Å². The van der Waals surface area contributed by atoms with Crippen molar-refractivity contribution in [3.8, 4) is 11.4 Å². The van der Waals surface area contributed by atoms with Crippen molar-refractivity contribution in [3.63, 3.8) is 0 Å². The number of imidazole rings is 1. The van der Waals surface area contributed by atoms with E-state index in [-0.39, 0.29) is 5.91 Å². The Morgan fingerprint density at radius 1 is 1.23 bits per heavy atom. The molecule has 1 amide bonds. The average Bonchev–Trinajstić information content (AvgIpc) is 2.95. The van der Waals surface area contributed by atoms with Gasteiger partial charge in [-0.25, -0.2) is 9.78 Å². The lowest BCUT2D eigenvalue weighted by Crippen LogP contribution is -2.21. The van der Waals surface area contributed by atoms with Crippen molar-refractivity contribution >= 4 is 11.9 Å². The molecule has 0 saturated heterocycles. The molecule has 116 valence electrons. The maximum absolute atomic E-state index is 12.0. The Kier molecular flexibility index (Phi) is 4.30. The topological polar surface area (TPSA) is 75.3 Å². The Hall–Kier alpha value is -2.63. The van der Waals surface area contributed by atoms with Gasteiger partial charge in [0.1, 0.15) is 11.5 Å². The van der Waals surface area contributed by atoms with Gasteiger partial charge in [0.05, 0.1) is 18.9 Å². The number of esters is 1. The molecule has 0 spiro atoms. The number of rotatable bonds is 3. The highest BCUT2D eigenvalue weighted by atomic mass is 16.5. The summed E-state index contributed by atoms with van der Waals surface area (Å²) >= 11 is 0. The maximum Gasteiger partial charge on any atom is 0.338 e. The lowest BCUT2D eigenvalue weighted by atomic mass is 9.97. The molecule has 0 unspecified atom stereocenters. The number of nitrogens with one attached hydrogen (secondary N) is 1. The standard InChI is InChI=1S/C16H19N3O3/c1-9-6-7-11(16(21)22-5)10(2)13(9)14-17-8-12(18-14)15(20)19(3)4/h6-8H,1-5H3,(H,17,18). The van der Waals surface area contributed by atoms with Gasteiger partial charge in [-0.15, -0.1) is 0 Å². The second-order valence-electron chi connectivity index (χ2n) is 5.27. The minimum absolute atomic E-state index is 0.154. The third-order valence-electron chi connectivity index (χ3n) is 3.53. The van der Waals surface area contributed by atoms with Crippen LogP contribution < -0.4 is 0 Å². The molecule has 1 N–H and O–H groups in total. The molecule has 1 heterocycles. The first-order valence-electron chi connectivity index (χ1n) is 6.82. The van der Waals surface area contributed by atoms with Gasteiger partial charge in [-0.1, -0.05) is 6.07 Å². The van der Waals surface area contributed by atoms with Crippen LogP contribution in [0, 0.1) is 13.8 Å². The molecule has 0 radical (unpaired) electrons. The van der Waals surface area contributed by atoms with Crippen molar-refractivity contribution in [2.24, 2.45) is 0 Å². The van der Waals surface area contributed by atoms with Crippen LogP contribution in [0.1, 0.15) is 32.0 Å². The number of aromatic nitrogens is 2. The number of amides is 1. The van der Waals surface area contributed by atoms with Crippen LogP contribution in [0.4, 0.5) is 0 Å². The number of aryl methyl sites for hydroxylation is 1. The van der Waals surface area contributed by atoms with Crippen LogP contribution >= 0.6 is 0 Å². The number of hydrogen-bond donors (Lipinski definition) is 1. The Morgan fingerprint density at radius 2 is 1.91 bits per heavy atom. The van der Waals surface area contributed by atoms with E-state index >= 15 is 0 Å². The molecule has 0 saturated carbocycles. The summed E-state index contributed by atoms with van der Waals surface area (Å²) in [4.78, 5) is 32.6. The van der Waals surface area contributed by atoms with Gasteiger partial charge in [-0.2, -0.15) is 0 Å². The zero-order valence-electron chi connectivity index (χ0n) is 13.4. The number of benzene rings is 1. The van der Waals surface area contributed by atoms with Gasteiger partial charge in [-0.05, 0) is 31.0 Å². The van der Waals surface area contributed by atoms with Crippen molar-refractivity contribution in [1.29, 1.82) is 0 Å². The minimum Gasteiger partial charge on any atom is -0.465 e. The molecule has 0 aliphatic carbocycles. The number of methoxy groups -OCH3 is 1. The van der Waals surface area contributed by atoms with Crippen molar-refractivity contribution < 1.29 is 14.3 Å².